The summed E-state index contributed by atoms with van der Waals surface area (Å²) in [6.45, 7) is 4.95. The predicted molar refractivity (Wildman–Crippen MR) is 84.7 cm³/mol. The number of ether oxygens (including phenoxy) is 1. The Morgan fingerprint density at radius 3 is 2.77 bits per heavy atom. The number of aromatic nitrogens is 2. The molecule has 1 saturated heterocycles. The van der Waals surface area contributed by atoms with Crippen molar-refractivity contribution in [1.29, 1.82) is 0 Å². The molecule has 6 nitrogen and oxygen atoms in total. The van der Waals surface area contributed by atoms with E-state index in [4.69, 9.17) is 9.84 Å². The molecule has 0 unspecified atom stereocenters. The van der Waals surface area contributed by atoms with E-state index in [-0.39, 0.29) is 0 Å². The minimum absolute atomic E-state index is 0.319. The lowest BCUT2D eigenvalue weighted by Gasteiger charge is -2.27. The van der Waals surface area contributed by atoms with E-state index in [0.29, 0.717) is 24.0 Å². The first-order valence-corrected chi connectivity index (χ1v) is 8.03. The second-order valence-corrected chi connectivity index (χ2v) is 6.05. The average Bonchev–Trinajstić information content (AvgIpc) is 3.05. The molecule has 0 radical (unpaired) electrons. The van der Waals surface area contributed by atoms with Crippen LogP contribution in [0.5, 0.6) is 0 Å². The molecule has 0 bridgehead atoms. The molecule has 0 saturated carbocycles. The Balaban J connectivity index is 1.97. The molecule has 0 aliphatic carbocycles. The van der Waals surface area contributed by atoms with Crippen LogP contribution in [0, 0.1) is 0 Å². The molecule has 2 aromatic heterocycles. The van der Waals surface area contributed by atoms with Gasteiger partial charge in [-0.05, 0) is 24.6 Å². The molecule has 116 valence electrons. The molecule has 1 N–H and O–H groups in total. The van der Waals surface area contributed by atoms with Crippen LogP contribution in [-0.4, -0.2) is 47.3 Å². The first-order valence-electron chi connectivity index (χ1n) is 7.21. The number of anilines is 1. The summed E-state index contributed by atoms with van der Waals surface area (Å²) in [5.41, 5.74) is 1.74. The zero-order valence-corrected chi connectivity index (χ0v) is 13.1. The minimum Gasteiger partial charge on any atom is -0.477 e. The van der Waals surface area contributed by atoms with Crippen LogP contribution in [0.15, 0.2) is 18.2 Å². The number of aryl methyl sites for hydroxylation is 1. The van der Waals surface area contributed by atoms with E-state index < -0.39 is 5.97 Å². The third kappa shape index (κ3) is 3.10. The molecule has 0 atom stereocenters. The maximum atomic E-state index is 11.0. The quantitative estimate of drug-likeness (QED) is 0.932. The van der Waals surface area contributed by atoms with E-state index in [2.05, 4.69) is 14.9 Å². The van der Waals surface area contributed by atoms with Gasteiger partial charge >= 0.3 is 5.97 Å². The van der Waals surface area contributed by atoms with Gasteiger partial charge in [-0.2, -0.15) is 0 Å². The molecule has 1 aliphatic rings. The van der Waals surface area contributed by atoms with E-state index in [1.807, 2.05) is 13.0 Å². The van der Waals surface area contributed by atoms with Crippen LogP contribution in [0.4, 0.5) is 5.95 Å². The van der Waals surface area contributed by atoms with Crippen LogP contribution in [0.25, 0.3) is 10.6 Å². The van der Waals surface area contributed by atoms with Crippen LogP contribution < -0.4 is 4.90 Å². The number of morpholine rings is 1. The normalized spacial score (nSPS) is 15.0. The standard InChI is InChI=1S/C15H17N3O3S/c1-2-10-9-11(12-3-4-13(22-12)14(19)20)17-15(16-10)18-5-7-21-8-6-18/h3-4,9H,2,5-8H2,1H3,(H,19,20). The van der Waals surface area contributed by atoms with Crippen molar-refractivity contribution in [3.8, 4) is 10.6 Å². The first kappa shape index (κ1) is 14.9. The summed E-state index contributed by atoms with van der Waals surface area (Å²) in [6.07, 6.45) is 0.810. The predicted octanol–water partition coefficient (Wildman–Crippen LogP) is 2.30. The SMILES string of the molecule is CCc1cc(-c2ccc(C(=O)O)s2)nc(N2CCOCC2)n1. The zero-order valence-electron chi connectivity index (χ0n) is 12.3. The molecule has 3 heterocycles. The summed E-state index contributed by atoms with van der Waals surface area (Å²) < 4.78 is 5.36. The Morgan fingerprint density at radius 2 is 2.14 bits per heavy atom. The fourth-order valence-corrected chi connectivity index (χ4v) is 3.09. The largest absolute Gasteiger partial charge is 0.477 e. The van der Waals surface area contributed by atoms with Gasteiger partial charge in [-0.15, -0.1) is 11.3 Å². The first-order chi connectivity index (χ1) is 10.7. The van der Waals surface area contributed by atoms with Crippen molar-refractivity contribution in [2.45, 2.75) is 13.3 Å². The highest BCUT2D eigenvalue weighted by Gasteiger charge is 2.17. The number of hydrogen-bond acceptors (Lipinski definition) is 6. The van der Waals surface area contributed by atoms with Gasteiger partial charge in [0, 0.05) is 18.8 Å². The van der Waals surface area contributed by atoms with Crippen molar-refractivity contribution in [2.75, 3.05) is 31.2 Å². The Bertz CT molecular complexity index is 680. The average molecular weight is 319 g/mol. The Kier molecular flexibility index (Phi) is 4.35. The summed E-state index contributed by atoms with van der Waals surface area (Å²) in [4.78, 5) is 23.5. The maximum Gasteiger partial charge on any atom is 0.345 e. The zero-order chi connectivity index (χ0) is 15.5. The Labute approximate surface area is 132 Å². The van der Waals surface area contributed by atoms with Gasteiger partial charge < -0.3 is 14.7 Å². The molecule has 22 heavy (non-hydrogen) atoms. The summed E-state index contributed by atoms with van der Waals surface area (Å²) in [5, 5.41) is 9.06. The lowest BCUT2D eigenvalue weighted by molar-refractivity contribution is 0.0702. The van der Waals surface area contributed by atoms with Crippen LogP contribution in [-0.2, 0) is 11.2 Å². The number of nitrogens with zero attached hydrogens (tertiary/aromatic N) is 3. The topological polar surface area (TPSA) is 75.5 Å². The monoisotopic (exact) mass is 319 g/mol. The van der Waals surface area contributed by atoms with Crippen molar-refractivity contribution in [3.05, 3.63) is 28.8 Å². The lowest BCUT2D eigenvalue weighted by atomic mass is 10.2. The molecule has 0 amide bonds. The number of hydrogen-bond donors (Lipinski definition) is 1. The molecule has 3 rings (SSSR count). The van der Waals surface area contributed by atoms with E-state index in [0.717, 1.165) is 35.8 Å². The summed E-state index contributed by atoms with van der Waals surface area (Å²) >= 11 is 1.24. The lowest BCUT2D eigenvalue weighted by Crippen LogP contribution is -2.37. The second kappa shape index (κ2) is 6.41. The van der Waals surface area contributed by atoms with E-state index >= 15 is 0 Å². The molecule has 2 aromatic rings. The fraction of sp³-hybridized carbons (Fsp3) is 0.400. The number of carboxylic acids is 1. The Hall–Kier alpha value is -1.99. The van der Waals surface area contributed by atoms with Crippen LogP contribution in [0.3, 0.4) is 0 Å². The molecular weight excluding hydrogens is 302 g/mol. The number of carbonyl (C=O) groups is 1. The van der Waals surface area contributed by atoms with Gasteiger partial charge in [-0.3, -0.25) is 0 Å². The van der Waals surface area contributed by atoms with Crippen LogP contribution in [0.1, 0.15) is 22.3 Å². The van der Waals surface area contributed by atoms with Gasteiger partial charge in [0.05, 0.1) is 23.8 Å². The molecule has 0 spiro atoms. The van der Waals surface area contributed by atoms with Crippen molar-refractivity contribution < 1.29 is 14.6 Å². The molecule has 0 aromatic carbocycles. The third-order valence-electron chi connectivity index (χ3n) is 3.49. The fourth-order valence-electron chi connectivity index (χ4n) is 2.29. The summed E-state index contributed by atoms with van der Waals surface area (Å²) in [7, 11) is 0. The number of aromatic carboxylic acids is 1. The number of carboxylic acid groups (broad SMARTS) is 1. The molecular formula is C15H17N3O3S. The molecule has 1 aliphatic heterocycles. The van der Waals surface area contributed by atoms with Crippen molar-refractivity contribution >= 4 is 23.3 Å². The van der Waals surface area contributed by atoms with Crippen molar-refractivity contribution in [3.63, 3.8) is 0 Å². The van der Waals surface area contributed by atoms with Gasteiger partial charge in [0.2, 0.25) is 5.95 Å². The van der Waals surface area contributed by atoms with Gasteiger partial charge in [0.1, 0.15) is 4.88 Å². The molecule has 1 fully saturated rings. The van der Waals surface area contributed by atoms with E-state index in [1.54, 1.807) is 12.1 Å². The highest BCUT2D eigenvalue weighted by atomic mass is 32.1. The highest BCUT2D eigenvalue weighted by Crippen LogP contribution is 2.28. The smallest absolute Gasteiger partial charge is 0.345 e. The van der Waals surface area contributed by atoms with Gasteiger partial charge in [-0.1, -0.05) is 6.92 Å². The highest BCUT2D eigenvalue weighted by molar-refractivity contribution is 7.17. The Morgan fingerprint density at radius 1 is 1.36 bits per heavy atom. The minimum atomic E-state index is -0.908. The van der Waals surface area contributed by atoms with Crippen molar-refractivity contribution in [1.82, 2.24) is 9.97 Å². The van der Waals surface area contributed by atoms with Crippen molar-refractivity contribution in [2.24, 2.45) is 0 Å². The molecule has 7 heteroatoms. The van der Waals surface area contributed by atoms with Crippen LogP contribution >= 0.6 is 11.3 Å². The number of thiophene rings is 1. The van der Waals surface area contributed by atoms with E-state index in [1.165, 1.54) is 11.3 Å². The van der Waals surface area contributed by atoms with E-state index in [9.17, 15) is 4.79 Å². The summed E-state index contributed by atoms with van der Waals surface area (Å²) in [6, 6.07) is 5.35. The van der Waals surface area contributed by atoms with Crippen LogP contribution in [0.2, 0.25) is 0 Å². The third-order valence-corrected chi connectivity index (χ3v) is 4.59. The van der Waals surface area contributed by atoms with Gasteiger partial charge in [0.15, 0.2) is 0 Å². The maximum absolute atomic E-state index is 11.0. The number of rotatable bonds is 4. The van der Waals surface area contributed by atoms with Gasteiger partial charge in [0.25, 0.3) is 0 Å². The second-order valence-electron chi connectivity index (χ2n) is 4.97. The van der Waals surface area contributed by atoms with Gasteiger partial charge in [-0.25, -0.2) is 14.8 Å². The summed E-state index contributed by atoms with van der Waals surface area (Å²) in [5.74, 6) is -0.211.